The molecule has 0 aromatic heterocycles. The first-order valence-electron chi connectivity index (χ1n) is 9.98. The normalized spacial score (nSPS) is 12.6. The first kappa shape index (κ1) is 26.5. The van der Waals surface area contributed by atoms with Crippen molar-refractivity contribution < 1.29 is 29.1 Å². The summed E-state index contributed by atoms with van der Waals surface area (Å²) in [6, 6.07) is -1.55. The monoisotopic (exact) mass is 414 g/mol. The highest BCUT2D eigenvalue weighted by atomic mass is 16.4. The average molecular weight is 415 g/mol. The Bertz CT molecular complexity index is 567. The van der Waals surface area contributed by atoms with Gasteiger partial charge in [-0.3, -0.25) is 24.0 Å². The van der Waals surface area contributed by atoms with Crippen LogP contribution >= 0.6 is 0 Å². The zero-order valence-corrected chi connectivity index (χ0v) is 17.3. The number of Topliss-reactive ketones (excluding diaryl/α,β-unsaturated/α-hetero) is 1. The molecule has 29 heavy (non-hydrogen) atoms. The molecule has 0 aromatic rings. The Labute approximate surface area is 171 Å². The number of likely N-dealkylation sites (N-methyl/N-ethyl adjacent to an activating group) is 1. The highest BCUT2D eigenvalue weighted by Gasteiger charge is 2.18. The zero-order valence-electron chi connectivity index (χ0n) is 17.3. The number of amides is 3. The smallest absolute Gasteiger partial charge is 0.320 e. The molecule has 3 amide bonds. The number of primary amides is 1. The Hall–Kier alpha value is -2.49. The van der Waals surface area contributed by atoms with E-state index < -0.39 is 24.0 Å². The van der Waals surface area contributed by atoms with E-state index in [2.05, 4.69) is 16.0 Å². The summed E-state index contributed by atoms with van der Waals surface area (Å²) in [6.07, 6.45) is 3.18. The van der Waals surface area contributed by atoms with Crippen LogP contribution in [0.25, 0.3) is 0 Å². The second-order valence-electron chi connectivity index (χ2n) is 6.83. The lowest BCUT2D eigenvalue weighted by molar-refractivity contribution is -0.139. The predicted molar refractivity (Wildman–Crippen MR) is 107 cm³/mol. The van der Waals surface area contributed by atoms with Crippen LogP contribution in [0.3, 0.4) is 0 Å². The van der Waals surface area contributed by atoms with Crippen molar-refractivity contribution in [2.45, 2.75) is 76.8 Å². The highest BCUT2D eigenvalue weighted by Crippen LogP contribution is 2.04. The number of carboxylic acid groups (broad SMARTS) is 1. The van der Waals surface area contributed by atoms with Gasteiger partial charge < -0.3 is 26.8 Å². The van der Waals surface area contributed by atoms with Crippen molar-refractivity contribution >= 4 is 29.5 Å². The van der Waals surface area contributed by atoms with Crippen LogP contribution in [0.2, 0.25) is 0 Å². The Morgan fingerprint density at radius 3 is 2.14 bits per heavy atom. The number of ketones is 1. The summed E-state index contributed by atoms with van der Waals surface area (Å²) in [7, 11) is 1.52. The summed E-state index contributed by atoms with van der Waals surface area (Å²) in [5.41, 5.74) is 5.32. The molecular formula is C19H34N4O6. The van der Waals surface area contributed by atoms with Crippen LogP contribution in [-0.4, -0.2) is 60.3 Å². The molecule has 0 bridgehead atoms. The molecule has 0 saturated carbocycles. The van der Waals surface area contributed by atoms with Gasteiger partial charge in [-0.05, 0) is 39.2 Å². The second-order valence-corrected chi connectivity index (χ2v) is 6.83. The van der Waals surface area contributed by atoms with Crippen LogP contribution < -0.4 is 21.7 Å². The summed E-state index contributed by atoms with van der Waals surface area (Å²) >= 11 is 0. The third-order valence-electron chi connectivity index (χ3n) is 4.48. The minimum absolute atomic E-state index is 0.0933. The number of carboxylic acids is 1. The number of aliphatic carboxylic acids is 1. The van der Waals surface area contributed by atoms with E-state index in [0.29, 0.717) is 45.1 Å². The Morgan fingerprint density at radius 2 is 1.59 bits per heavy atom. The van der Waals surface area contributed by atoms with Gasteiger partial charge in [0.05, 0.1) is 0 Å². The van der Waals surface area contributed by atoms with E-state index in [1.165, 1.54) is 7.05 Å². The van der Waals surface area contributed by atoms with Crippen molar-refractivity contribution in [1.82, 2.24) is 16.0 Å². The summed E-state index contributed by atoms with van der Waals surface area (Å²) in [5.74, 6) is -2.09. The predicted octanol–water partition coefficient (Wildman–Crippen LogP) is -0.155. The number of rotatable bonds is 17. The molecule has 0 heterocycles. The average Bonchev–Trinajstić information content (AvgIpc) is 2.66. The third kappa shape index (κ3) is 13.3. The van der Waals surface area contributed by atoms with Crippen LogP contribution in [0.15, 0.2) is 0 Å². The van der Waals surface area contributed by atoms with Gasteiger partial charge in [0.2, 0.25) is 17.7 Å². The molecule has 0 aromatic carbocycles. The fourth-order valence-corrected chi connectivity index (χ4v) is 2.63. The highest BCUT2D eigenvalue weighted by molar-refractivity contribution is 5.86. The molecule has 166 valence electrons. The molecular weight excluding hydrogens is 380 g/mol. The number of carbonyl (C=O) groups excluding carboxylic acids is 4. The second kappa shape index (κ2) is 15.4. The number of nitrogens with one attached hydrogen (secondary N) is 3. The summed E-state index contributed by atoms with van der Waals surface area (Å²) in [6.45, 7) is 2.15. The maximum Gasteiger partial charge on any atom is 0.320 e. The van der Waals surface area contributed by atoms with Crippen molar-refractivity contribution in [3.05, 3.63) is 0 Å². The van der Waals surface area contributed by atoms with Crippen molar-refractivity contribution in [2.24, 2.45) is 5.73 Å². The molecule has 0 radical (unpaired) electrons. The number of nitrogens with two attached hydrogens (primary N) is 1. The van der Waals surface area contributed by atoms with Gasteiger partial charge in [-0.25, -0.2) is 0 Å². The van der Waals surface area contributed by atoms with E-state index in [-0.39, 0.29) is 36.9 Å². The van der Waals surface area contributed by atoms with Crippen molar-refractivity contribution in [1.29, 1.82) is 0 Å². The fraction of sp³-hybridized carbons (Fsp3) is 0.737. The van der Waals surface area contributed by atoms with Gasteiger partial charge in [-0.2, -0.15) is 0 Å². The summed E-state index contributed by atoms with van der Waals surface area (Å²) in [5, 5.41) is 16.8. The maximum atomic E-state index is 11.9. The van der Waals surface area contributed by atoms with E-state index in [4.69, 9.17) is 10.8 Å². The van der Waals surface area contributed by atoms with Crippen LogP contribution in [0.5, 0.6) is 0 Å². The summed E-state index contributed by atoms with van der Waals surface area (Å²) in [4.78, 5) is 57.2. The van der Waals surface area contributed by atoms with Gasteiger partial charge in [0, 0.05) is 32.2 Å². The molecule has 0 rings (SSSR count). The lowest BCUT2D eigenvalue weighted by Gasteiger charge is -2.15. The number of hydrogen-bond donors (Lipinski definition) is 5. The largest absolute Gasteiger partial charge is 0.480 e. The Morgan fingerprint density at radius 1 is 0.897 bits per heavy atom. The van der Waals surface area contributed by atoms with Gasteiger partial charge in [0.25, 0.3) is 0 Å². The lowest BCUT2D eigenvalue weighted by Crippen LogP contribution is -2.44. The lowest BCUT2D eigenvalue weighted by atomic mass is 10.1. The molecule has 10 nitrogen and oxygen atoms in total. The Balaban J connectivity index is 4.03. The molecule has 2 unspecified atom stereocenters. The molecule has 2 atom stereocenters. The summed E-state index contributed by atoms with van der Waals surface area (Å²) < 4.78 is 0. The minimum Gasteiger partial charge on any atom is -0.480 e. The molecule has 0 saturated heterocycles. The van der Waals surface area contributed by atoms with Crippen LogP contribution in [0.1, 0.15) is 64.7 Å². The number of carbonyl (C=O) groups is 5. The van der Waals surface area contributed by atoms with E-state index >= 15 is 0 Å². The molecule has 0 aliphatic rings. The first-order valence-corrected chi connectivity index (χ1v) is 9.98. The molecule has 0 fully saturated rings. The van der Waals surface area contributed by atoms with Crippen molar-refractivity contribution in [2.75, 3.05) is 13.6 Å². The van der Waals surface area contributed by atoms with Crippen molar-refractivity contribution in [3.8, 4) is 0 Å². The third-order valence-corrected chi connectivity index (χ3v) is 4.48. The molecule has 0 aliphatic carbocycles. The van der Waals surface area contributed by atoms with Crippen LogP contribution in [0, 0.1) is 0 Å². The fourth-order valence-electron chi connectivity index (χ4n) is 2.63. The van der Waals surface area contributed by atoms with Crippen LogP contribution in [-0.2, 0) is 24.0 Å². The standard InChI is InChI=1S/C19H34N4O6/c1-3-13(24)7-6-9-17(26)23-14(18(20)27)8-4-5-12-22-16(25)11-10-15(21-2)19(28)29/h14-15,21H,3-12H2,1-2H3,(H2,20,27)(H,22,25)(H,23,26)(H,28,29). The van der Waals surface area contributed by atoms with Gasteiger partial charge in [0.15, 0.2) is 0 Å². The van der Waals surface area contributed by atoms with E-state index in [1.54, 1.807) is 6.92 Å². The quantitative estimate of drug-likeness (QED) is 0.206. The zero-order chi connectivity index (χ0) is 22.2. The van der Waals surface area contributed by atoms with E-state index in [0.717, 1.165) is 0 Å². The SMILES string of the molecule is CCC(=O)CCCC(=O)NC(CCCCNC(=O)CCC(NC)C(=O)O)C(N)=O. The first-order chi connectivity index (χ1) is 13.7. The minimum atomic E-state index is -1.00. The van der Waals surface area contributed by atoms with Gasteiger partial charge in [-0.15, -0.1) is 0 Å². The van der Waals surface area contributed by atoms with Crippen LogP contribution in [0.4, 0.5) is 0 Å². The van der Waals surface area contributed by atoms with Gasteiger partial charge >= 0.3 is 5.97 Å². The topological polar surface area (TPSA) is 168 Å². The maximum absolute atomic E-state index is 11.9. The van der Waals surface area contributed by atoms with E-state index in [1.807, 2.05) is 0 Å². The Kier molecular flexibility index (Phi) is 14.1. The van der Waals surface area contributed by atoms with Gasteiger partial charge in [-0.1, -0.05) is 6.92 Å². The molecule has 10 heteroatoms. The molecule has 0 spiro atoms. The van der Waals surface area contributed by atoms with Crippen molar-refractivity contribution in [3.63, 3.8) is 0 Å². The van der Waals surface area contributed by atoms with Gasteiger partial charge in [0.1, 0.15) is 17.9 Å². The number of hydrogen-bond acceptors (Lipinski definition) is 6. The van der Waals surface area contributed by atoms with E-state index in [9.17, 15) is 24.0 Å². The molecule has 6 N–H and O–H groups in total. The number of unbranched alkanes of at least 4 members (excludes halogenated alkanes) is 1. The molecule has 0 aliphatic heterocycles.